The monoisotopic (exact) mass is 1690 g/mol. The van der Waals surface area contributed by atoms with Crippen molar-refractivity contribution in [2.45, 2.75) is 285 Å². The number of Topliss-reactive ketones (excluding diaryl/α,β-unsaturated/α-hetero) is 2. The number of carbonyl (C=O) groups is 2. The van der Waals surface area contributed by atoms with E-state index < -0.39 is 6.29 Å². The number of hydrogen-bond acceptors (Lipinski definition) is 15. The fourth-order valence-electron chi connectivity index (χ4n) is 18.9. The van der Waals surface area contributed by atoms with E-state index in [-0.39, 0.29) is 22.7 Å². The first-order valence-electron chi connectivity index (χ1n) is 45.2. The van der Waals surface area contributed by atoms with Crippen molar-refractivity contribution in [1.82, 2.24) is 17.9 Å². The lowest BCUT2D eigenvalue weighted by molar-refractivity contribution is -0.107. The Morgan fingerprint density at radius 3 is 1.14 bits per heavy atom. The van der Waals surface area contributed by atoms with Gasteiger partial charge in [0.05, 0.1) is 62.0 Å². The number of ether oxygens (including phenoxy) is 2. The second kappa shape index (κ2) is 42.7. The molecule has 622 valence electrons. The number of carbonyl (C=O) groups excluding carboxylic acids is 2. The third kappa shape index (κ3) is 18.8. The fourth-order valence-corrected chi connectivity index (χ4v) is 25.4. The Labute approximate surface area is 729 Å². The first kappa shape index (κ1) is 87.4. The Morgan fingerprint density at radius 1 is 0.417 bits per heavy atom. The second-order valence-corrected chi connectivity index (χ2v) is 38.1. The van der Waals surface area contributed by atoms with Gasteiger partial charge in [0.25, 0.3) is 0 Å². The van der Waals surface area contributed by atoms with Gasteiger partial charge in [-0.2, -0.15) is 29.8 Å². The standard InChI is InChI=1S/C103H116N8O4S5/c1-7-11-15-19-23-26-29-33-37-51-75-83(55-43-53-77-86(73(63-104)64-105)79-59-69-47-39-41-49-71(69)61-81(79)96(77)112)116-102-94-100(118-98(75)102)88-90-91(109-120-108-90)89-93(92(88)110(94)58-57-85(114-5)115-6)111(67-68(45-35-31-22-18-14-10-4)46-36-32-28-25-21-17-13-9-3)95-101(89)119-99-76(52-38-34-30-27-24-20-16-12-8-2)84(117-103(95)99)56-44-54-78-87(74(65-106)66-107)80-60-70-48-40-42-50-72(70)62-82(80)97(78)113/h39-44,47-50,53-56,59-62,68,85H,7-38,45-46,51-52,57-58,67H2,1-6H3/b55-43+,56-44+,77-53-,78-54-. The molecule has 5 aromatic carbocycles. The molecule has 0 bridgehead atoms. The summed E-state index contributed by atoms with van der Waals surface area (Å²) in [5.41, 5.74) is 12.9. The Kier molecular flexibility index (Phi) is 31.1. The summed E-state index contributed by atoms with van der Waals surface area (Å²) in [4.78, 5) is 31.9. The van der Waals surface area contributed by atoms with Gasteiger partial charge in [-0.05, 0) is 125 Å². The molecule has 0 spiro atoms. The highest BCUT2D eigenvalue weighted by Crippen LogP contribution is 2.56. The van der Waals surface area contributed by atoms with E-state index in [4.69, 9.17) is 18.2 Å². The average Bonchev–Trinajstić information content (AvgIpc) is 1.50. The van der Waals surface area contributed by atoms with E-state index in [2.05, 4.69) is 73.3 Å². The van der Waals surface area contributed by atoms with E-state index in [1.165, 1.54) is 258 Å². The van der Waals surface area contributed by atoms with Gasteiger partial charge in [-0.25, -0.2) is 0 Å². The van der Waals surface area contributed by atoms with Crippen LogP contribution in [0.2, 0.25) is 0 Å². The van der Waals surface area contributed by atoms with Crippen LogP contribution < -0.4 is 0 Å². The summed E-state index contributed by atoms with van der Waals surface area (Å²) in [6.07, 6.45) is 55.8. The predicted octanol–water partition coefficient (Wildman–Crippen LogP) is 31.1. The zero-order valence-corrected chi connectivity index (χ0v) is 75.5. The van der Waals surface area contributed by atoms with Crippen LogP contribution in [0, 0.1) is 51.2 Å². The fraction of sp³-hybridized carbons (Fsp3) is 0.456. The number of aryl methyl sites for hydroxylation is 3. The lowest BCUT2D eigenvalue weighted by Crippen LogP contribution is -2.16. The van der Waals surface area contributed by atoms with Crippen molar-refractivity contribution >= 4 is 186 Å². The van der Waals surface area contributed by atoms with Crippen molar-refractivity contribution in [2.24, 2.45) is 5.92 Å². The number of nitriles is 4. The molecule has 7 heterocycles. The summed E-state index contributed by atoms with van der Waals surface area (Å²) >= 11 is 8.83. The molecular formula is C103H116N8O4S5. The highest BCUT2D eigenvalue weighted by Gasteiger charge is 2.37. The van der Waals surface area contributed by atoms with Gasteiger partial charge in [0.15, 0.2) is 17.9 Å². The van der Waals surface area contributed by atoms with Gasteiger partial charge in [-0.15, -0.1) is 45.3 Å². The highest BCUT2D eigenvalue weighted by molar-refractivity contribution is 7.34. The molecule has 7 aromatic heterocycles. The van der Waals surface area contributed by atoms with Crippen LogP contribution >= 0.6 is 57.1 Å². The van der Waals surface area contributed by atoms with Gasteiger partial charge >= 0.3 is 0 Å². The number of ketones is 2. The molecule has 1 atom stereocenters. The van der Waals surface area contributed by atoms with E-state index in [0.29, 0.717) is 63.4 Å². The van der Waals surface area contributed by atoms with Crippen LogP contribution in [0.5, 0.6) is 0 Å². The number of allylic oxidation sites excluding steroid dienone is 10. The second-order valence-electron chi connectivity index (χ2n) is 33.4. The molecule has 17 heteroatoms. The van der Waals surface area contributed by atoms with E-state index in [1.54, 1.807) is 14.2 Å². The summed E-state index contributed by atoms with van der Waals surface area (Å²) in [6, 6.07) is 32.2. The van der Waals surface area contributed by atoms with Crippen LogP contribution in [-0.2, 0) is 35.4 Å². The van der Waals surface area contributed by atoms with Crippen molar-refractivity contribution in [3.8, 4) is 24.3 Å². The van der Waals surface area contributed by atoms with Crippen LogP contribution in [0.1, 0.15) is 305 Å². The Balaban J connectivity index is 0.977. The van der Waals surface area contributed by atoms with E-state index in [1.807, 2.05) is 142 Å². The molecule has 1 unspecified atom stereocenters. The van der Waals surface area contributed by atoms with E-state index in [9.17, 15) is 30.6 Å². The summed E-state index contributed by atoms with van der Waals surface area (Å²) in [6.45, 7) is 10.6. The molecule has 12 nitrogen and oxygen atoms in total. The van der Waals surface area contributed by atoms with Gasteiger partial charge < -0.3 is 18.6 Å². The number of hydrogen-bond donors (Lipinski definition) is 0. The van der Waals surface area contributed by atoms with Crippen molar-refractivity contribution < 1.29 is 19.1 Å². The molecule has 0 saturated heterocycles. The maximum atomic E-state index is 14.8. The van der Waals surface area contributed by atoms with Crippen LogP contribution in [-0.4, -0.2) is 50.0 Å². The Bertz CT molecular complexity index is 6060. The van der Waals surface area contributed by atoms with Crippen molar-refractivity contribution in [3.05, 3.63) is 163 Å². The molecule has 12 aromatic rings. The molecule has 0 N–H and O–H groups in total. The molecule has 0 fully saturated rings. The molecule has 2 aliphatic rings. The number of nitrogens with zero attached hydrogens (tertiary/aromatic N) is 8. The first-order chi connectivity index (χ1) is 59.1. The maximum absolute atomic E-state index is 14.8. The number of aromatic nitrogens is 4. The Morgan fingerprint density at radius 2 is 0.767 bits per heavy atom. The summed E-state index contributed by atoms with van der Waals surface area (Å²) in [5.74, 6) is 0.0155. The number of unbranched alkanes of at least 4 members (excludes halogenated alkanes) is 28. The van der Waals surface area contributed by atoms with Crippen molar-refractivity contribution in [1.29, 1.82) is 21.0 Å². The number of thiophene rings is 4. The number of benzene rings is 5. The number of methoxy groups -OCH3 is 2. The lowest BCUT2D eigenvalue weighted by Gasteiger charge is -2.21. The lowest BCUT2D eigenvalue weighted by atomic mass is 9.93. The molecule has 0 aliphatic heterocycles. The largest absolute Gasteiger partial charge is 0.356 e. The maximum Gasteiger partial charge on any atom is 0.194 e. The van der Waals surface area contributed by atoms with Gasteiger partial charge in [0, 0.05) is 87.7 Å². The minimum absolute atomic E-state index is 0.0728. The Hall–Kier alpha value is -8.98. The normalized spacial score (nSPS) is 14.1. The van der Waals surface area contributed by atoms with Crippen LogP contribution in [0.3, 0.4) is 0 Å². The van der Waals surface area contributed by atoms with E-state index in [0.717, 1.165) is 106 Å². The third-order valence-electron chi connectivity index (χ3n) is 25.3. The number of fused-ring (bicyclic) bond motifs is 18. The molecular weight excluding hydrogens is 1570 g/mol. The number of rotatable bonds is 47. The zero-order valence-electron chi connectivity index (χ0n) is 71.4. The summed E-state index contributed by atoms with van der Waals surface area (Å²) in [7, 11) is 3.48. The molecule has 14 rings (SSSR count). The van der Waals surface area contributed by atoms with E-state index >= 15 is 0 Å². The van der Waals surface area contributed by atoms with Crippen molar-refractivity contribution in [3.63, 3.8) is 0 Å². The molecule has 2 aliphatic carbocycles. The van der Waals surface area contributed by atoms with Gasteiger partial charge in [0.1, 0.15) is 46.5 Å². The molecule has 120 heavy (non-hydrogen) atoms. The molecule has 0 saturated carbocycles. The third-order valence-corrected chi connectivity index (χ3v) is 31.0. The van der Waals surface area contributed by atoms with Crippen molar-refractivity contribution in [2.75, 3.05) is 14.2 Å². The SMILES string of the molecule is CCCCCCCCCCCc1c(/C=C/C=C2\C(=O)c3cc4ccccc4cc3C2=C(C#N)C#N)sc2c1sc1c3c4nsnc4c4c5sc6c(CCCCCCCCCCC)c(/C=C/C=C7\C(=O)c8cc9ccccc9cc8C7=C(C#N)C#N)sc6c5n(CC(CCCCCCCC)CCCCCCCCCC)c4c3n(CCC(OC)OC)c21. The van der Waals surface area contributed by atoms with Crippen LogP contribution in [0.25, 0.3) is 117 Å². The van der Waals surface area contributed by atoms with Crippen LogP contribution in [0.15, 0.2) is 119 Å². The highest BCUT2D eigenvalue weighted by atomic mass is 32.1. The molecule has 0 amide bonds. The van der Waals surface area contributed by atoms with Crippen LogP contribution in [0.4, 0.5) is 0 Å². The smallest absolute Gasteiger partial charge is 0.194 e. The summed E-state index contributed by atoms with van der Waals surface area (Å²) in [5, 5.41) is 48.1. The van der Waals surface area contributed by atoms with Gasteiger partial charge in [-0.1, -0.05) is 293 Å². The summed E-state index contributed by atoms with van der Waals surface area (Å²) < 4.78 is 36.2. The van der Waals surface area contributed by atoms with Gasteiger partial charge in [0.2, 0.25) is 0 Å². The topological polar surface area (TPSA) is 183 Å². The molecule has 0 radical (unpaired) electrons. The first-order valence-corrected chi connectivity index (χ1v) is 49.2. The quantitative estimate of drug-likeness (QED) is 0.0154. The minimum atomic E-state index is -0.474. The average molecular weight is 1690 g/mol. The minimum Gasteiger partial charge on any atom is -0.356 e. The van der Waals surface area contributed by atoms with Gasteiger partial charge in [-0.3, -0.25) is 9.59 Å². The predicted molar refractivity (Wildman–Crippen MR) is 510 cm³/mol. The zero-order chi connectivity index (χ0) is 83.4.